The Bertz CT molecular complexity index is 796. The van der Waals surface area contributed by atoms with E-state index in [2.05, 4.69) is 5.32 Å². The van der Waals surface area contributed by atoms with Gasteiger partial charge in [-0.05, 0) is 49.6 Å². The summed E-state index contributed by atoms with van der Waals surface area (Å²) in [6, 6.07) is 15.3. The van der Waals surface area contributed by atoms with E-state index in [4.69, 9.17) is 11.6 Å². The number of carbonyl (C=O) groups is 1. The molecule has 2 aromatic carbocycles. The number of carbonyl (C=O) groups excluding carboxylic acids is 1. The molecule has 2 aromatic rings. The van der Waals surface area contributed by atoms with Crippen molar-refractivity contribution in [2.75, 3.05) is 0 Å². The van der Waals surface area contributed by atoms with Crippen LogP contribution in [0.5, 0.6) is 0 Å². The Morgan fingerprint density at radius 1 is 1.11 bits per heavy atom. The summed E-state index contributed by atoms with van der Waals surface area (Å²) in [6.07, 6.45) is 5.64. The van der Waals surface area contributed by atoms with Crippen LogP contribution < -0.4 is 10.2 Å². The second-order valence-electron chi connectivity index (χ2n) is 7.86. The van der Waals surface area contributed by atoms with Gasteiger partial charge in [0.25, 0.3) is 5.91 Å². The Labute approximate surface area is 164 Å². The molecule has 1 amide bonds. The molecular weight excluding hydrogens is 363 g/mol. The molecule has 27 heavy (non-hydrogen) atoms. The van der Waals surface area contributed by atoms with Crippen LogP contribution in [0.4, 0.5) is 4.39 Å². The maximum atomic E-state index is 13.2. The fourth-order valence-corrected chi connectivity index (χ4v) is 4.97. The molecule has 0 aliphatic carbocycles. The van der Waals surface area contributed by atoms with Crippen LogP contribution in [-0.2, 0) is 6.54 Å². The summed E-state index contributed by atoms with van der Waals surface area (Å²) in [7, 11) is 0. The highest BCUT2D eigenvalue weighted by Gasteiger charge is 2.42. The topological polar surface area (TPSA) is 33.5 Å². The Morgan fingerprint density at radius 3 is 2.48 bits per heavy atom. The van der Waals surface area contributed by atoms with Gasteiger partial charge in [-0.2, -0.15) is 0 Å². The Kier molecular flexibility index (Phi) is 5.46. The lowest BCUT2D eigenvalue weighted by molar-refractivity contribution is -0.973. The second-order valence-corrected chi connectivity index (χ2v) is 8.29. The fraction of sp³-hybridized carbons (Fsp3) is 0.409. The molecule has 2 heterocycles. The van der Waals surface area contributed by atoms with E-state index >= 15 is 0 Å². The van der Waals surface area contributed by atoms with E-state index in [1.54, 1.807) is 41.3 Å². The standard InChI is InChI=1S/C22H24ClFN2O/c23-17-4-1-3-16(11-17)22(27)25-19-12-20-5-2-6-21(13-19)26(20)14-15-7-9-18(24)10-8-15/h1,3-4,7-11,19-21H,2,5-6,12-14H2,(H,25,27)/p+1/t20-,21-/m1/s1. The van der Waals surface area contributed by atoms with Gasteiger partial charge in [-0.25, -0.2) is 4.39 Å². The number of piperidine rings is 2. The van der Waals surface area contributed by atoms with Crippen LogP contribution in [0.1, 0.15) is 48.0 Å². The van der Waals surface area contributed by atoms with Crippen molar-refractivity contribution in [2.45, 2.75) is 56.8 Å². The van der Waals surface area contributed by atoms with E-state index in [0.717, 1.165) is 19.4 Å². The zero-order valence-corrected chi connectivity index (χ0v) is 16.0. The van der Waals surface area contributed by atoms with Gasteiger partial charge < -0.3 is 10.2 Å². The number of benzene rings is 2. The zero-order valence-electron chi connectivity index (χ0n) is 15.3. The van der Waals surface area contributed by atoms with Crippen molar-refractivity contribution in [2.24, 2.45) is 0 Å². The number of quaternary nitrogens is 1. The van der Waals surface area contributed by atoms with Crippen LogP contribution in [0.25, 0.3) is 0 Å². The molecule has 2 N–H and O–H groups in total. The molecule has 5 heteroatoms. The van der Waals surface area contributed by atoms with E-state index in [1.165, 1.54) is 24.8 Å². The molecule has 2 aliphatic rings. The van der Waals surface area contributed by atoms with E-state index in [-0.39, 0.29) is 17.8 Å². The monoisotopic (exact) mass is 387 g/mol. The Balaban J connectivity index is 1.41. The first-order chi connectivity index (χ1) is 13.1. The predicted molar refractivity (Wildman–Crippen MR) is 104 cm³/mol. The molecule has 2 fully saturated rings. The van der Waals surface area contributed by atoms with Gasteiger partial charge >= 0.3 is 0 Å². The fourth-order valence-electron chi connectivity index (χ4n) is 4.78. The molecule has 0 saturated carbocycles. The summed E-state index contributed by atoms with van der Waals surface area (Å²) < 4.78 is 13.2. The van der Waals surface area contributed by atoms with Gasteiger partial charge in [-0.3, -0.25) is 4.79 Å². The minimum Gasteiger partial charge on any atom is -0.349 e. The molecule has 0 radical (unpaired) electrons. The van der Waals surface area contributed by atoms with Crippen LogP contribution in [0.15, 0.2) is 48.5 Å². The molecule has 0 unspecified atom stereocenters. The van der Waals surface area contributed by atoms with E-state index < -0.39 is 0 Å². The summed E-state index contributed by atoms with van der Waals surface area (Å²) in [4.78, 5) is 14.2. The second kappa shape index (κ2) is 7.99. The van der Waals surface area contributed by atoms with Gasteiger partial charge in [-0.1, -0.05) is 29.8 Å². The largest absolute Gasteiger partial charge is 0.349 e. The summed E-state index contributed by atoms with van der Waals surface area (Å²) in [5.41, 5.74) is 1.80. The van der Waals surface area contributed by atoms with Crippen LogP contribution in [0.3, 0.4) is 0 Å². The molecule has 2 saturated heterocycles. The Morgan fingerprint density at radius 2 is 1.81 bits per heavy atom. The zero-order chi connectivity index (χ0) is 18.8. The van der Waals surface area contributed by atoms with Crippen molar-refractivity contribution in [3.05, 3.63) is 70.5 Å². The lowest BCUT2D eigenvalue weighted by atomic mass is 9.81. The van der Waals surface area contributed by atoms with Gasteiger partial charge in [0.1, 0.15) is 12.4 Å². The molecular formula is C22H25ClFN2O+. The molecule has 2 aliphatic heterocycles. The van der Waals surface area contributed by atoms with Crippen molar-refractivity contribution in [1.29, 1.82) is 0 Å². The SMILES string of the molecule is O=C(NC1C[C@H]2CCC[C@H](C1)[NH+]2Cc1ccc(F)cc1)c1cccc(Cl)c1. The third kappa shape index (κ3) is 4.33. The summed E-state index contributed by atoms with van der Waals surface area (Å²) in [5, 5.41) is 3.80. The Hall–Kier alpha value is -1.91. The lowest BCUT2D eigenvalue weighted by Crippen LogP contribution is -3.20. The van der Waals surface area contributed by atoms with Crippen molar-refractivity contribution in [1.82, 2.24) is 5.32 Å². The normalized spacial score (nSPS) is 27.2. The number of nitrogens with one attached hydrogen (secondary N) is 2. The summed E-state index contributed by atoms with van der Waals surface area (Å²) in [5.74, 6) is -0.223. The highest BCUT2D eigenvalue weighted by Crippen LogP contribution is 2.23. The molecule has 0 spiro atoms. The quantitative estimate of drug-likeness (QED) is 0.828. The number of amides is 1. The van der Waals surface area contributed by atoms with Crippen LogP contribution in [0.2, 0.25) is 5.02 Å². The maximum absolute atomic E-state index is 13.2. The predicted octanol–water partition coefficient (Wildman–Crippen LogP) is 3.38. The molecule has 142 valence electrons. The van der Waals surface area contributed by atoms with Crippen molar-refractivity contribution in [3.8, 4) is 0 Å². The molecule has 3 nitrogen and oxygen atoms in total. The van der Waals surface area contributed by atoms with Gasteiger partial charge in [-0.15, -0.1) is 0 Å². The van der Waals surface area contributed by atoms with Gasteiger partial charge in [0.2, 0.25) is 0 Å². The van der Waals surface area contributed by atoms with Crippen molar-refractivity contribution < 1.29 is 14.1 Å². The smallest absolute Gasteiger partial charge is 0.251 e. The van der Waals surface area contributed by atoms with E-state index in [0.29, 0.717) is 22.7 Å². The van der Waals surface area contributed by atoms with Crippen molar-refractivity contribution >= 4 is 17.5 Å². The first kappa shape index (κ1) is 18.5. The summed E-state index contributed by atoms with van der Waals surface area (Å²) >= 11 is 6.01. The average molecular weight is 388 g/mol. The van der Waals surface area contributed by atoms with E-state index in [9.17, 15) is 9.18 Å². The van der Waals surface area contributed by atoms with E-state index in [1.807, 2.05) is 12.1 Å². The molecule has 2 atom stereocenters. The van der Waals surface area contributed by atoms with Crippen LogP contribution >= 0.6 is 11.6 Å². The van der Waals surface area contributed by atoms with Gasteiger partial charge in [0, 0.05) is 35.0 Å². The van der Waals surface area contributed by atoms with Crippen LogP contribution in [-0.4, -0.2) is 24.0 Å². The van der Waals surface area contributed by atoms with Crippen molar-refractivity contribution in [3.63, 3.8) is 0 Å². The average Bonchev–Trinajstić information content (AvgIpc) is 2.64. The van der Waals surface area contributed by atoms with Gasteiger partial charge in [0.05, 0.1) is 12.1 Å². The summed E-state index contributed by atoms with van der Waals surface area (Å²) in [6.45, 7) is 0.935. The third-order valence-electron chi connectivity index (χ3n) is 6.04. The number of hydrogen-bond donors (Lipinski definition) is 2. The minimum absolute atomic E-state index is 0.0393. The third-order valence-corrected chi connectivity index (χ3v) is 6.27. The molecule has 2 bridgehead atoms. The molecule has 4 rings (SSSR count). The maximum Gasteiger partial charge on any atom is 0.251 e. The number of fused-ring (bicyclic) bond motifs is 2. The van der Waals surface area contributed by atoms with Gasteiger partial charge in [0.15, 0.2) is 0 Å². The number of halogens is 2. The van der Waals surface area contributed by atoms with Crippen LogP contribution in [0, 0.1) is 5.82 Å². The molecule has 0 aromatic heterocycles. The minimum atomic E-state index is -0.184. The number of hydrogen-bond acceptors (Lipinski definition) is 1. The lowest BCUT2D eigenvalue weighted by Gasteiger charge is -2.46. The highest BCUT2D eigenvalue weighted by atomic mass is 35.5. The first-order valence-electron chi connectivity index (χ1n) is 9.75. The number of rotatable bonds is 4. The highest BCUT2D eigenvalue weighted by molar-refractivity contribution is 6.30. The first-order valence-corrected chi connectivity index (χ1v) is 10.1.